The zero-order valence-electron chi connectivity index (χ0n) is 17.0. The van der Waals surface area contributed by atoms with E-state index in [4.69, 9.17) is 14.5 Å². The molecule has 1 aliphatic heterocycles. The van der Waals surface area contributed by atoms with E-state index in [1.807, 2.05) is 0 Å². The summed E-state index contributed by atoms with van der Waals surface area (Å²) < 4.78 is 11.3. The summed E-state index contributed by atoms with van der Waals surface area (Å²) in [6.45, 7) is 14.1. The van der Waals surface area contributed by atoms with Crippen molar-refractivity contribution in [3.63, 3.8) is 0 Å². The smallest absolute Gasteiger partial charge is 0.191 e. The first kappa shape index (κ1) is 22.2. The van der Waals surface area contributed by atoms with Crippen molar-refractivity contribution in [3.05, 3.63) is 0 Å². The summed E-state index contributed by atoms with van der Waals surface area (Å²) in [4.78, 5) is 4.79. The number of hydrogen-bond acceptors (Lipinski definition) is 3. The molecule has 1 heterocycles. The van der Waals surface area contributed by atoms with Crippen molar-refractivity contribution >= 4 is 5.96 Å². The minimum absolute atomic E-state index is 0.268. The van der Waals surface area contributed by atoms with Crippen molar-refractivity contribution in [1.82, 2.24) is 10.6 Å². The molecule has 25 heavy (non-hydrogen) atoms. The molecule has 1 fully saturated rings. The summed E-state index contributed by atoms with van der Waals surface area (Å²) in [6.07, 6.45) is 8.59. The van der Waals surface area contributed by atoms with Crippen LogP contribution in [0.25, 0.3) is 0 Å². The number of aliphatic imine (C=N–C) groups is 1. The van der Waals surface area contributed by atoms with Crippen LogP contribution in [0, 0.1) is 5.41 Å². The lowest BCUT2D eigenvalue weighted by molar-refractivity contribution is -0.0320. The van der Waals surface area contributed by atoms with E-state index < -0.39 is 0 Å². The fraction of sp³-hybridized carbons (Fsp3) is 0.950. The molecule has 0 spiro atoms. The fourth-order valence-electron chi connectivity index (χ4n) is 2.94. The average molecular weight is 356 g/mol. The molecule has 5 heteroatoms. The van der Waals surface area contributed by atoms with Crippen LogP contribution in [0.5, 0.6) is 0 Å². The zero-order chi connectivity index (χ0) is 18.4. The van der Waals surface area contributed by atoms with E-state index in [0.717, 1.165) is 64.7 Å². The van der Waals surface area contributed by atoms with Crippen LogP contribution in [-0.4, -0.2) is 51.5 Å². The van der Waals surface area contributed by atoms with Gasteiger partial charge in [-0.3, -0.25) is 4.99 Å². The second kappa shape index (κ2) is 13.4. The van der Waals surface area contributed by atoms with Gasteiger partial charge in [-0.25, -0.2) is 0 Å². The van der Waals surface area contributed by atoms with Crippen molar-refractivity contribution in [3.8, 4) is 0 Å². The summed E-state index contributed by atoms with van der Waals surface area (Å²) in [5.74, 6) is 0.928. The predicted molar refractivity (Wildman–Crippen MR) is 106 cm³/mol. The third-order valence-corrected chi connectivity index (χ3v) is 4.60. The molecule has 0 amide bonds. The molecule has 148 valence electrons. The van der Waals surface area contributed by atoms with Gasteiger partial charge < -0.3 is 20.1 Å². The van der Waals surface area contributed by atoms with E-state index in [2.05, 4.69) is 38.3 Å². The second-order valence-corrected chi connectivity index (χ2v) is 7.78. The summed E-state index contributed by atoms with van der Waals surface area (Å²) >= 11 is 0. The molecule has 1 aliphatic rings. The number of unbranched alkanes of at least 4 members (excludes halogenated alkanes) is 2. The lowest BCUT2D eigenvalue weighted by Crippen LogP contribution is -2.39. The number of nitrogens with zero attached hydrogens (tertiary/aromatic N) is 1. The molecule has 0 aromatic carbocycles. The van der Waals surface area contributed by atoms with Crippen molar-refractivity contribution < 1.29 is 9.47 Å². The van der Waals surface area contributed by atoms with Crippen LogP contribution in [0.4, 0.5) is 0 Å². The highest BCUT2D eigenvalue weighted by atomic mass is 16.5. The Bertz CT molecular complexity index is 353. The number of nitrogens with one attached hydrogen (secondary N) is 2. The monoisotopic (exact) mass is 355 g/mol. The minimum atomic E-state index is 0.268. The Kier molecular flexibility index (Phi) is 11.9. The van der Waals surface area contributed by atoms with Crippen LogP contribution in [0.1, 0.15) is 72.6 Å². The lowest BCUT2D eigenvalue weighted by atomic mass is 9.87. The quantitative estimate of drug-likeness (QED) is 0.318. The van der Waals surface area contributed by atoms with Crippen LogP contribution in [0.2, 0.25) is 0 Å². The van der Waals surface area contributed by atoms with Gasteiger partial charge in [-0.15, -0.1) is 0 Å². The van der Waals surface area contributed by atoms with Crippen molar-refractivity contribution in [2.45, 2.75) is 78.7 Å². The van der Waals surface area contributed by atoms with E-state index in [9.17, 15) is 0 Å². The number of guanidine groups is 1. The molecule has 0 saturated carbocycles. The molecule has 0 aliphatic carbocycles. The van der Waals surface area contributed by atoms with Gasteiger partial charge in [0.25, 0.3) is 0 Å². The van der Waals surface area contributed by atoms with Gasteiger partial charge in [-0.1, -0.05) is 40.0 Å². The molecule has 1 saturated heterocycles. The van der Waals surface area contributed by atoms with E-state index >= 15 is 0 Å². The largest absolute Gasteiger partial charge is 0.381 e. The molecule has 5 nitrogen and oxygen atoms in total. The predicted octanol–water partition coefficient (Wildman–Crippen LogP) is 3.73. The Labute approximate surface area is 155 Å². The summed E-state index contributed by atoms with van der Waals surface area (Å²) in [6, 6.07) is 0. The van der Waals surface area contributed by atoms with Crippen molar-refractivity contribution in [2.24, 2.45) is 10.4 Å². The molecule has 0 radical (unpaired) electrons. The molecule has 0 unspecified atom stereocenters. The third-order valence-electron chi connectivity index (χ3n) is 4.60. The van der Waals surface area contributed by atoms with Gasteiger partial charge in [0.1, 0.15) is 0 Å². The van der Waals surface area contributed by atoms with Gasteiger partial charge in [0.05, 0.1) is 6.10 Å². The first-order valence-corrected chi connectivity index (χ1v) is 10.3. The van der Waals surface area contributed by atoms with E-state index in [1.54, 1.807) is 0 Å². The number of ether oxygens (including phenoxy) is 2. The van der Waals surface area contributed by atoms with Gasteiger partial charge in [0, 0.05) is 39.5 Å². The summed E-state index contributed by atoms with van der Waals surface area (Å²) in [7, 11) is 0. The van der Waals surface area contributed by atoms with Gasteiger partial charge in [0.15, 0.2) is 5.96 Å². The van der Waals surface area contributed by atoms with Crippen LogP contribution in [0.15, 0.2) is 4.99 Å². The van der Waals surface area contributed by atoms with Crippen LogP contribution in [-0.2, 0) is 9.47 Å². The maximum Gasteiger partial charge on any atom is 0.191 e. The Balaban J connectivity index is 2.22. The van der Waals surface area contributed by atoms with Crippen LogP contribution < -0.4 is 10.6 Å². The normalized spacial score (nSPS) is 16.9. The number of hydrogen-bond donors (Lipinski definition) is 2. The topological polar surface area (TPSA) is 54.9 Å². The average Bonchev–Trinajstić information content (AvgIpc) is 2.60. The highest BCUT2D eigenvalue weighted by molar-refractivity contribution is 5.79. The summed E-state index contributed by atoms with van der Waals surface area (Å²) in [5, 5.41) is 6.78. The first-order valence-electron chi connectivity index (χ1n) is 10.3. The highest BCUT2D eigenvalue weighted by Gasteiger charge is 2.17. The standard InChI is InChI=1S/C20H41N3O2/c1-5-7-8-12-20(3,4)17-23-19(21-6-2)22-13-9-14-25-18-10-15-24-16-11-18/h18H,5-17H2,1-4H3,(H2,21,22,23). The molecule has 0 atom stereocenters. The van der Waals surface area contributed by atoms with Gasteiger partial charge in [-0.2, -0.15) is 0 Å². The molecular weight excluding hydrogens is 314 g/mol. The molecular formula is C20H41N3O2. The SMILES string of the molecule is CCCCCC(C)(C)CN=C(NCC)NCCCOC1CCOCC1. The summed E-state index contributed by atoms with van der Waals surface area (Å²) in [5.41, 5.74) is 0.268. The number of rotatable bonds is 12. The molecule has 2 N–H and O–H groups in total. The maximum absolute atomic E-state index is 5.91. The van der Waals surface area contributed by atoms with Gasteiger partial charge in [0.2, 0.25) is 0 Å². The first-order chi connectivity index (χ1) is 12.1. The Hall–Kier alpha value is -0.810. The molecule has 1 rings (SSSR count). The highest BCUT2D eigenvalue weighted by Crippen LogP contribution is 2.23. The van der Waals surface area contributed by atoms with Crippen molar-refractivity contribution in [1.29, 1.82) is 0 Å². The fourth-order valence-corrected chi connectivity index (χ4v) is 2.94. The van der Waals surface area contributed by atoms with E-state index in [1.165, 1.54) is 25.7 Å². The van der Waals surface area contributed by atoms with E-state index in [0.29, 0.717) is 6.10 Å². The Morgan fingerprint density at radius 3 is 2.56 bits per heavy atom. The molecule has 0 bridgehead atoms. The molecule has 0 aromatic rings. The Morgan fingerprint density at radius 1 is 1.12 bits per heavy atom. The minimum Gasteiger partial charge on any atom is -0.381 e. The lowest BCUT2D eigenvalue weighted by Gasteiger charge is -2.23. The Morgan fingerprint density at radius 2 is 1.88 bits per heavy atom. The third kappa shape index (κ3) is 11.4. The van der Waals surface area contributed by atoms with Gasteiger partial charge >= 0.3 is 0 Å². The van der Waals surface area contributed by atoms with Crippen molar-refractivity contribution in [2.75, 3.05) is 39.5 Å². The second-order valence-electron chi connectivity index (χ2n) is 7.78. The van der Waals surface area contributed by atoms with Gasteiger partial charge in [-0.05, 0) is 38.0 Å². The van der Waals surface area contributed by atoms with Crippen LogP contribution >= 0.6 is 0 Å². The molecule has 0 aromatic heterocycles. The maximum atomic E-state index is 5.91. The van der Waals surface area contributed by atoms with E-state index in [-0.39, 0.29) is 5.41 Å². The zero-order valence-corrected chi connectivity index (χ0v) is 17.0. The van der Waals surface area contributed by atoms with Crippen LogP contribution in [0.3, 0.4) is 0 Å².